The first kappa shape index (κ1) is 27.7. The molecule has 0 aromatic heterocycles. The van der Waals surface area contributed by atoms with E-state index in [1.54, 1.807) is 6.07 Å². The van der Waals surface area contributed by atoms with Crippen LogP contribution in [0.1, 0.15) is 66.4 Å². The summed E-state index contributed by atoms with van der Waals surface area (Å²) in [4.78, 5) is 15.7. The first-order chi connectivity index (χ1) is 19.2. The summed E-state index contributed by atoms with van der Waals surface area (Å²) >= 11 is 6.39. The van der Waals surface area contributed by atoms with E-state index in [4.69, 9.17) is 16.3 Å². The lowest BCUT2D eigenvalue weighted by molar-refractivity contribution is 0.0177. The Morgan fingerprint density at radius 3 is 2.85 bits per heavy atom. The van der Waals surface area contributed by atoms with Gasteiger partial charge in [-0.05, 0) is 111 Å². The number of rotatable bonds is 0. The Morgan fingerprint density at radius 1 is 1.15 bits per heavy atom. The number of benzene rings is 2. The molecule has 2 heterocycles. The second-order valence-electron chi connectivity index (χ2n) is 12.2. The summed E-state index contributed by atoms with van der Waals surface area (Å²) in [6.45, 7) is 2.08. The van der Waals surface area contributed by atoms with Crippen LogP contribution in [-0.2, 0) is 21.5 Å². The minimum absolute atomic E-state index is 0.208. The lowest BCUT2D eigenvalue weighted by Crippen LogP contribution is -2.49. The van der Waals surface area contributed by atoms with Gasteiger partial charge in [-0.15, -0.1) is 0 Å². The zero-order valence-corrected chi connectivity index (χ0v) is 24.5. The Morgan fingerprint density at radius 2 is 2.02 bits per heavy atom. The van der Waals surface area contributed by atoms with E-state index in [2.05, 4.69) is 27.6 Å². The summed E-state index contributed by atoms with van der Waals surface area (Å²) in [7, 11) is -2.77. The van der Waals surface area contributed by atoms with Crippen LogP contribution in [0.2, 0.25) is 5.02 Å². The Hall–Kier alpha value is -2.48. The van der Waals surface area contributed by atoms with Crippen molar-refractivity contribution in [2.75, 3.05) is 30.3 Å². The van der Waals surface area contributed by atoms with Crippen LogP contribution >= 0.6 is 11.6 Å². The van der Waals surface area contributed by atoms with E-state index in [-0.39, 0.29) is 23.3 Å². The van der Waals surface area contributed by atoms with Gasteiger partial charge in [-0.3, -0.25) is 9.52 Å². The van der Waals surface area contributed by atoms with Crippen LogP contribution in [0, 0.1) is 11.8 Å². The zero-order chi connectivity index (χ0) is 27.9. The van der Waals surface area contributed by atoms with Gasteiger partial charge < -0.3 is 14.7 Å². The molecule has 40 heavy (non-hydrogen) atoms. The Balaban J connectivity index is 1.40. The van der Waals surface area contributed by atoms with Crippen molar-refractivity contribution in [3.8, 4) is 5.75 Å². The fraction of sp³-hybridized carbons (Fsp3) is 0.500. The van der Waals surface area contributed by atoms with Crippen molar-refractivity contribution in [3.05, 3.63) is 70.3 Å². The molecule has 0 radical (unpaired) electrons. The number of hydrogen-bond acceptors (Lipinski definition) is 5. The number of nitrogens with one attached hydrogen (secondary N) is 1. The molecule has 1 saturated carbocycles. The highest BCUT2D eigenvalue weighted by Gasteiger charge is 2.44. The SMILES string of the molecule is C=S1(=O)CCC/C=C/C[C@H](O)[C@@H]2CC[C@H]2CN2C[C@@]3(CCCc4cc(Cl)ccc43)COc3ccc(cc32)C(=O)N1. The molecule has 8 heteroatoms. The molecular formula is C32H39ClN2O4S. The summed E-state index contributed by atoms with van der Waals surface area (Å²) in [5.41, 5.74) is 3.70. The number of aliphatic hydroxyl groups is 1. The molecule has 2 aromatic rings. The normalized spacial score (nSPS) is 33.3. The molecule has 1 spiro atoms. The number of ether oxygens (including phenoxy) is 1. The van der Waals surface area contributed by atoms with Gasteiger partial charge in [0, 0.05) is 44.6 Å². The van der Waals surface area contributed by atoms with Crippen LogP contribution in [0.3, 0.4) is 0 Å². The second kappa shape index (κ2) is 11.1. The molecule has 2 bridgehead atoms. The topological polar surface area (TPSA) is 78.9 Å². The monoisotopic (exact) mass is 582 g/mol. The van der Waals surface area contributed by atoms with Gasteiger partial charge in [0.2, 0.25) is 0 Å². The summed E-state index contributed by atoms with van der Waals surface area (Å²) in [5.74, 6) is 5.10. The number of aryl methyl sites for hydroxylation is 1. The maximum absolute atomic E-state index is 13.3. The van der Waals surface area contributed by atoms with Crippen LogP contribution in [-0.4, -0.2) is 52.6 Å². The van der Waals surface area contributed by atoms with Crippen molar-refractivity contribution in [1.29, 1.82) is 0 Å². The second-order valence-corrected chi connectivity index (χ2v) is 14.8. The number of allylic oxidation sites excluding steroid dienone is 1. The summed E-state index contributed by atoms with van der Waals surface area (Å²) in [5, 5.41) is 11.8. The molecule has 0 saturated heterocycles. The number of aliphatic hydroxyl groups excluding tert-OH is 1. The highest BCUT2D eigenvalue weighted by molar-refractivity contribution is 7.99. The molecule has 2 N–H and O–H groups in total. The van der Waals surface area contributed by atoms with Crippen molar-refractivity contribution >= 4 is 38.8 Å². The number of fused-ring (bicyclic) bond motifs is 4. The molecule has 4 aliphatic rings. The van der Waals surface area contributed by atoms with Crippen LogP contribution in [0.25, 0.3) is 0 Å². The fourth-order valence-corrected chi connectivity index (χ4v) is 8.49. The molecule has 2 aromatic carbocycles. The third kappa shape index (κ3) is 5.53. The molecule has 6 rings (SSSR count). The fourth-order valence-electron chi connectivity index (χ4n) is 7.11. The predicted octanol–water partition coefficient (Wildman–Crippen LogP) is 5.30. The molecule has 1 fully saturated rings. The van der Waals surface area contributed by atoms with Gasteiger partial charge in [0.1, 0.15) is 5.75 Å². The maximum atomic E-state index is 13.3. The van der Waals surface area contributed by atoms with Crippen LogP contribution < -0.4 is 14.4 Å². The highest BCUT2D eigenvalue weighted by atomic mass is 35.5. The maximum Gasteiger partial charge on any atom is 0.262 e. The lowest BCUT2D eigenvalue weighted by Gasteiger charge is -2.45. The largest absolute Gasteiger partial charge is 0.490 e. The van der Waals surface area contributed by atoms with E-state index < -0.39 is 9.71 Å². The smallest absolute Gasteiger partial charge is 0.262 e. The average Bonchev–Trinajstić information content (AvgIpc) is 3.05. The van der Waals surface area contributed by atoms with E-state index in [0.29, 0.717) is 36.7 Å². The van der Waals surface area contributed by atoms with Gasteiger partial charge in [0.25, 0.3) is 5.91 Å². The number of hydrogen-bond donors (Lipinski definition) is 2. The summed E-state index contributed by atoms with van der Waals surface area (Å²) in [6, 6.07) is 11.7. The number of carbonyl (C=O) groups is 1. The third-order valence-electron chi connectivity index (χ3n) is 9.39. The molecule has 2 aliphatic carbocycles. The molecule has 5 atom stereocenters. The van der Waals surface area contributed by atoms with Crippen LogP contribution in [0.5, 0.6) is 5.75 Å². The molecule has 2 aliphatic heterocycles. The molecule has 214 valence electrons. The lowest BCUT2D eigenvalue weighted by atomic mass is 9.68. The molecule has 1 amide bonds. The van der Waals surface area contributed by atoms with Crippen molar-refractivity contribution in [3.63, 3.8) is 0 Å². The van der Waals surface area contributed by atoms with Gasteiger partial charge in [-0.2, -0.15) is 0 Å². The minimum atomic E-state index is -2.77. The highest BCUT2D eigenvalue weighted by Crippen LogP contribution is 2.46. The summed E-state index contributed by atoms with van der Waals surface area (Å²) in [6.07, 6.45) is 10.9. The van der Waals surface area contributed by atoms with Crippen LogP contribution in [0.15, 0.2) is 48.6 Å². The number of carbonyl (C=O) groups excluding carboxylic acids is 1. The Bertz CT molecular complexity index is 1420. The number of nitrogens with zero attached hydrogens (tertiary/aromatic N) is 1. The molecular weight excluding hydrogens is 544 g/mol. The first-order valence-corrected chi connectivity index (χ1v) is 16.8. The Kier molecular flexibility index (Phi) is 7.66. The third-order valence-corrected chi connectivity index (χ3v) is 11.1. The average molecular weight is 583 g/mol. The first-order valence-electron chi connectivity index (χ1n) is 14.5. The van der Waals surface area contributed by atoms with E-state index in [1.165, 1.54) is 11.1 Å². The van der Waals surface area contributed by atoms with Crippen LogP contribution in [0.4, 0.5) is 5.69 Å². The number of amides is 1. The van der Waals surface area contributed by atoms with Gasteiger partial charge in [0.15, 0.2) is 0 Å². The zero-order valence-electron chi connectivity index (χ0n) is 22.9. The van der Waals surface area contributed by atoms with E-state index in [1.807, 2.05) is 30.4 Å². The molecule has 1 unspecified atom stereocenters. The predicted molar refractivity (Wildman–Crippen MR) is 163 cm³/mol. The van der Waals surface area contributed by atoms with E-state index in [9.17, 15) is 14.1 Å². The standard InChI is InChI=1S/C32H39ClN2O4S/c1-40(38)16-5-3-2-4-8-29(36)26-12-9-24(26)19-35-20-32(15-6-7-22-17-25(33)11-13-27(22)32)21-39-30-14-10-23(18-28(30)35)31(37)34-40/h2,4,10-11,13-14,17-18,24,26,29,36H,1,3,5-9,12,15-16,19-21H2,(H,34,37,38)/b4-2+/t24-,26+,29-,32-,40?/m0/s1. The van der Waals surface area contributed by atoms with Gasteiger partial charge in [0.05, 0.1) is 18.4 Å². The molecule has 6 nitrogen and oxygen atoms in total. The Labute approximate surface area is 242 Å². The summed E-state index contributed by atoms with van der Waals surface area (Å²) < 4.78 is 22.3. The van der Waals surface area contributed by atoms with E-state index in [0.717, 1.165) is 68.1 Å². The van der Waals surface area contributed by atoms with E-state index >= 15 is 0 Å². The quantitative estimate of drug-likeness (QED) is 0.325. The number of halogens is 1. The van der Waals surface area contributed by atoms with Crippen molar-refractivity contribution in [2.45, 2.75) is 62.9 Å². The minimum Gasteiger partial charge on any atom is -0.490 e. The van der Waals surface area contributed by atoms with Gasteiger partial charge in [-0.1, -0.05) is 29.8 Å². The number of anilines is 1. The van der Waals surface area contributed by atoms with Gasteiger partial charge in [-0.25, -0.2) is 4.21 Å². The van der Waals surface area contributed by atoms with Crippen molar-refractivity contribution < 1.29 is 18.8 Å². The van der Waals surface area contributed by atoms with Crippen molar-refractivity contribution in [2.24, 2.45) is 11.8 Å². The van der Waals surface area contributed by atoms with Crippen molar-refractivity contribution in [1.82, 2.24) is 4.72 Å². The van der Waals surface area contributed by atoms with Gasteiger partial charge >= 0.3 is 0 Å².